The van der Waals surface area contributed by atoms with E-state index in [1.54, 1.807) is 12.1 Å². The lowest BCUT2D eigenvalue weighted by Crippen LogP contribution is -2.21. The average Bonchev–Trinajstić information content (AvgIpc) is 2.99. The maximum absolute atomic E-state index is 13.6. The summed E-state index contributed by atoms with van der Waals surface area (Å²) in [7, 11) is 1.46. The number of fused-ring (bicyclic) bond motifs is 1. The van der Waals surface area contributed by atoms with E-state index in [1.165, 1.54) is 23.0 Å². The highest BCUT2D eigenvalue weighted by atomic mass is 32.1. The van der Waals surface area contributed by atoms with Crippen LogP contribution in [0, 0.1) is 11.7 Å². The zero-order chi connectivity index (χ0) is 19.1. The van der Waals surface area contributed by atoms with Crippen LogP contribution in [-0.2, 0) is 17.5 Å². The second-order valence-electron chi connectivity index (χ2n) is 5.57. The number of alkyl halides is 3. The molecule has 0 radical (unpaired) electrons. The first kappa shape index (κ1) is 18.7. The number of methoxy groups -OCH3 is 1. The first-order valence-corrected chi connectivity index (χ1v) is 8.75. The van der Waals surface area contributed by atoms with Crippen LogP contribution in [0.25, 0.3) is 21.6 Å². The second kappa shape index (κ2) is 6.93. The molecule has 3 aromatic rings. The molecule has 10 heteroatoms. The number of aromatic amines is 1. The predicted molar refractivity (Wildman–Crippen MR) is 96.1 cm³/mol. The summed E-state index contributed by atoms with van der Waals surface area (Å²) in [5.74, 6) is 0. The number of ether oxygens (including phenoxy) is 1. The molecule has 0 fully saturated rings. The average molecular weight is 401 g/mol. The van der Waals surface area contributed by atoms with Gasteiger partial charge in [-0.1, -0.05) is 0 Å². The minimum atomic E-state index is -4.71. The molecule has 0 aliphatic carbocycles. The molecule has 0 saturated heterocycles. The number of aromatic nitrogens is 3. The molecule has 3 aromatic heterocycles. The predicted octanol–water partition coefficient (Wildman–Crippen LogP) is 4.16. The van der Waals surface area contributed by atoms with Crippen LogP contribution < -0.4 is 5.56 Å². The van der Waals surface area contributed by atoms with Crippen molar-refractivity contribution in [1.29, 1.82) is 0 Å². The highest BCUT2D eigenvalue weighted by Crippen LogP contribution is 2.36. The van der Waals surface area contributed by atoms with Gasteiger partial charge in [-0.2, -0.15) is 13.2 Å². The van der Waals surface area contributed by atoms with E-state index >= 15 is 0 Å². The number of nitrogens with zero attached hydrogens (tertiary/aromatic N) is 2. The molecule has 0 aliphatic rings. The van der Waals surface area contributed by atoms with E-state index in [9.17, 15) is 18.0 Å². The topological polar surface area (TPSA) is 59.9 Å². The largest absolute Gasteiger partial charge is 0.417 e. The molecule has 26 heavy (non-hydrogen) atoms. The molecule has 0 atom stereocenters. The fourth-order valence-corrected chi connectivity index (χ4v) is 3.68. The monoisotopic (exact) mass is 401 g/mol. The minimum absolute atomic E-state index is 0.000292. The van der Waals surface area contributed by atoms with Crippen LogP contribution in [0.2, 0.25) is 0 Å². The van der Waals surface area contributed by atoms with Gasteiger partial charge in [-0.3, -0.25) is 9.78 Å². The van der Waals surface area contributed by atoms with E-state index in [0.29, 0.717) is 4.88 Å². The van der Waals surface area contributed by atoms with Crippen LogP contribution in [0.15, 0.2) is 23.0 Å². The second-order valence-corrected chi connectivity index (χ2v) is 7.24. The van der Waals surface area contributed by atoms with Gasteiger partial charge in [0.1, 0.15) is 5.65 Å². The molecular formula is C16H14F3N3O2S2. The number of pyridine rings is 1. The summed E-state index contributed by atoms with van der Waals surface area (Å²) in [5, 5.41) is -0.528. The highest BCUT2D eigenvalue weighted by Gasteiger charge is 2.35. The molecule has 0 saturated carbocycles. The lowest BCUT2D eigenvalue weighted by atomic mass is 10.1. The summed E-state index contributed by atoms with van der Waals surface area (Å²) in [6.07, 6.45) is -4.71. The van der Waals surface area contributed by atoms with Crippen LogP contribution in [0.3, 0.4) is 0 Å². The SMILES string of the molecule is COCCn1c(=S)[nH]c(=O)c2c(C(F)(F)F)cc(-c3ccc(C)s3)nc21. The molecule has 0 bridgehead atoms. The van der Waals surface area contributed by atoms with Crippen LogP contribution in [-0.4, -0.2) is 28.3 Å². The van der Waals surface area contributed by atoms with E-state index in [1.807, 2.05) is 6.92 Å². The Morgan fingerprint density at radius 3 is 2.69 bits per heavy atom. The van der Waals surface area contributed by atoms with E-state index < -0.39 is 22.7 Å². The molecule has 5 nitrogen and oxygen atoms in total. The Bertz CT molecular complexity index is 1080. The van der Waals surface area contributed by atoms with Gasteiger partial charge in [-0.15, -0.1) is 11.3 Å². The van der Waals surface area contributed by atoms with Gasteiger partial charge in [0, 0.05) is 12.0 Å². The van der Waals surface area contributed by atoms with Crippen molar-refractivity contribution in [3.8, 4) is 10.6 Å². The summed E-state index contributed by atoms with van der Waals surface area (Å²) in [5.41, 5.74) is -1.90. The Balaban J connectivity index is 2.43. The standard InChI is InChI=1S/C16H14F3N3O2S2/c1-8-3-4-11(26-8)10-7-9(16(17,18)19)12-13(20-10)22(5-6-24-2)15(25)21-14(12)23/h3-4,7H,5-6H2,1-2H3,(H,21,23,25). The van der Waals surface area contributed by atoms with E-state index in [4.69, 9.17) is 17.0 Å². The van der Waals surface area contributed by atoms with Gasteiger partial charge in [-0.25, -0.2) is 4.98 Å². The van der Waals surface area contributed by atoms with Crippen molar-refractivity contribution in [3.63, 3.8) is 0 Å². The van der Waals surface area contributed by atoms with Gasteiger partial charge in [0.2, 0.25) is 0 Å². The Morgan fingerprint density at radius 1 is 1.38 bits per heavy atom. The Kier molecular flexibility index (Phi) is 5.00. The summed E-state index contributed by atoms with van der Waals surface area (Å²) < 4.78 is 47.3. The normalized spacial score (nSPS) is 12.0. The number of aryl methyl sites for hydroxylation is 1. The maximum Gasteiger partial charge on any atom is 0.417 e. The third-order valence-electron chi connectivity index (χ3n) is 3.77. The van der Waals surface area contributed by atoms with Crippen LogP contribution in [0.5, 0.6) is 0 Å². The minimum Gasteiger partial charge on any atom is -0.383 e. The molecular weight excluding hydrogens is 387 g/mol. The summed E-state index contributed by atoms with van der Waals surface area (Å²) in [6, 6.07) is 4.41. The number of hydrogen-bond acceptors (Lipinski definition) is 5. The van der Waals surface area contributed by atoms with Crippen molar-refractivity contribution >= 4 is 34.6 Å². The zero-order valence-corrected chi connectivity index (χ0v) is 15.4. The summed E-state index contributed by atoms with van der Waals surface area (Å²) >= 11 is 6.44. The van der Waals surface area contributed by atoms with Crippen LogP contribution in [0.4, 0.5) is 13.2 Å². The number of halogens is 3. The van der Waals surface area contributed by atoms with E-state index in [-0.39, 0.29) is 29.3 Å². The molecule has 1 N–H and O–H groups in total. The van der Waals surface area contributed by atoms with Crippen LogP contribution in [0.1, 0.15) is 10.4 Å². The van der Waals surface area contributed by atoms with Crippen molar-refractivity contribution in [2.45, 2.75) is 19.6 Å². The number of thiophene rings is 1. The maximum atomic E-state index is 13.6. The lowest BCUT2D eigenvalue weighted by molar-refractivity contribution is -0.136. The zero-order valence-electron chi connectivity index (χ0n) is 13.8. The van der Waals surface area contributed by atoms with Crippen molar-refractivity contribution in [2.75, 3.05) is 13.7 Å². The van der Waals surface area contributed by atoms with Gasteiger partial charge in [-0.05, 0) is 37.3 Å². The Hall–Kier alpha value is -2.04. The van der Waals surface area contributed by atoms with Crippen molar-refractivity contribution in [1.82, 2.24) is 14.5 Å². The molecule has 0 amide bonds. The quantitative estimate of drug-likeness (QED) is 0.667. The van der Waals surface area contributed by atoms with Gasteiger partial charge < -0.3 is 9.30 Å². The molecule has 3 rings (SSSR count). The molecule has 3 heterocycles. The van der Waals surface area contributed by atoms with Crippen LogP contribution >= 0.6 is 23.6 Å². The number of H-pyrrole nitrogens is 1. The molecule has 0 aliphatic heterocycles. The lowest BCUT2D eigenvalue weighted by Gasteiger charge is -2.15. The fraction of sp³-hybridized carbons (Fsp3) is 0.312. The summed E-state index contributed by atoms with van der Waals surface area (Å²) in [4.78, 5) is 20.4. The first-order valence-electron chi connectivity index (χ1n) is 7.53. The number of nitrogens with one attached hydrogen (secondary N) is 1. The molecule has 0 aromatic carbocycles. The molecule has 0 unspecified atom stereocenters. The van der Waals surface area contributed by atoms with Crippen molar-refractivity contribution in [3.05, 3.63) is 43.8 Å². The van der Waals surface area contributed by atoms with Crippen molar-refractivity contribution < 1.29 is 17.9 Å². The van der Waals surface area contributed by atoms with Gasteiger partial charge in [0.05, 0.1) is 34.7 Å². The van der Waals surface area contributed by atoms with Gasteiger partial charge in [0.25, 0.3) is 5.56 Å². The number of rotatable bonds is 4. The Morgan fingerprint density at radius 2 is 2.12 bits per heavy atom. The molecule has 0 spiro atoms. The molecule has 138 valence electrons. The fourth-order valence-electron chi connectivity index (χ4n) is 2.59. The number of hydrogen-bond donors (Lipinski definition) is 1. The van der Waals surface area contributed by atoms with Gasteiger partial charge in [0.15, 0.2) is 4.77 Å². The first-order chi connectivity index (χ1) is 12.2. The van der Waals surface area contributed by atoms with E-state index in [2.05, 4.69) is 9.97 Å². The third-order valence-corrected chi connectivity index (χ3v) is 5.11. The smallest absolute Gasteiger partial charge is 0.383 e. The highest BCUT2D eigenvalue weighted by molar-refractivity contribution is 7.71. The van der Waals surface area contributed by atoms with E-state index in [0.717, 1.165) is 10.9 Å². The summed E-state index contributed by atoms with van der Waals surface area (Å²) in [6.45, 7) is 2.23. The third kappa shape index (κ3) is 3.44. The van der Waals surface area contributed by atoms with Gasteiger partial charge >= 0.3 is 6.18 Å². The van der Waals surface area contributed by atoms with Crippen molar-refractivity contribution in [2.24, 2.45) is 0 Å². The Labute approximate surface area is 155 Å².